The molecule has 2 aliphatic rings. The van der Waals surface area contributed by atoms with Crippen molar-refractivity contribution in [1.82, 2.24) is 9.47 Å². The quantitative estimate of drug-likeness (QED) is 0.569. The van der Waals surface area contributed by atoms with Gasteiger partial charge < -0.3 is 19.5 Å². The summed E-state index contributed by atoms with van der Waals surface area (Å²) < 4.78 is 7.36. The van der Waals surface area contributed by atoms with Crippen LogP contribution in [0.2, 0.25) is 5.02 Å². The van der Waals surface area contributed by atoms with Crippen LogP contribution >= 0.6 is 11.6 Å². The van der Waals surface area contributed by atoms with Gasteiger partial charge in [0, 0.05) is 74.2 Å². The molecule has 0 spiro atoms. The largest absolute Gasteiger partial charge is 0.381 e. The van der Waals surface area contributed by atoms with Crippen LogP contribution in [0.25, 0.3) is 5.69 Å². The average Bonchev–Trinajstić information content (AvgIpc) is 3.40. The van der Waals surface area contributed by atoms with E-state index in [0.717, 1.165) is 63.6 Å². The Hall–Kier alpha value is -3.31. The number of anilines is 2. The SMILES string of the molecule is N#Cc1cc(NC(=O)c2ccn(-c3ccc(Cl)cc3)c2)ccc1N1CCN(C2CCOCC2)CC1. The molecule has 2 saturated heterocycles. The third-order valence-electron chi connectivity index (χ3n) is 6.82. The number of nitrogens with one attached hydrogen (secondary N) is 1. The molecule has 180 valence electrons. The molecule has 0 atom stereocenters. The molecule has 1 N–H and O–H groups in total. The van der Waals surface area contributed by atoms with Crippen molar-refractivity contribution in [2.75, 3.05) is 49.6 Å². The summed E-state index contributed by atoms with van der Waals surface area (Å²) in [5.41, 5.74) is 3.55. The smallest absolute Gasteiger partial charge is 0.257 e. The average molecular weight is 490 g/mol. The van der Waals surface area contributed by atoms with Crippen molar-refractivity contribution in [3.63, 3.8) is 0 Å². The summed E-state index contributed by atoms with van der Waals surface area (Å²) in [5.74, 6) is -0.223. The highest BCUT2D eigenvalue weighted by Crippen LogP contribution is 2.27. The third kappa shape index (κ3) is 5.35. The molecule has 7 nitrogen and oxygen atoms in total. The normalized spacial score (nSPS) is 17.2. The number of halogens is 1. The van der Waals surface area contributed by atoms with E-state index < -0.39 is 0 Å². The van der Waals surface area contributed by atoms with E-state index in [4.69, 9.17) is 16.3 Å². The van der Waals surface area contributed by atoms with Crippen LogP contribution < -0.4 is 10.2 Å². The molecule has 2 aliphatic heterocycles. The number of carbonyl (C=O) groups is 1. The van der Waals surface area contributed by atoms with E-state index in [-0.39, 0.29) is 5.91 Å². The maximum Gasteiger partial charge on any atom is 0.257 e. The van der Waals surface area contributed by atoms with E-state index in [1.165, 1.54) is 0 Å². The number of amides is 1. The molecule has 0 bridgehead atoms. The summed E-state index contributed by atoms with van der Waals surface area (Å²) >= 11 is 5.96. The number of aromatic nitrogens is 1. The predicted molar refractivity (Wildman–Crippen MR) is 138 cm³/mol. The second-order valence-corrected chi connectivity index (χ2v) is 9.38. The van der Waals surface area contributed by atoms with Gasteiger partial charge in [-0.2, -0.15) is 5.26 Å². The molecule has 8 heteroatoms. The van der Waals surface area contributed by atoms with Crippen molar-refractivity contribution in [1.29, 1.82) is 5.26 Å². The van der Waals surface area contributed by atoms with Gasteiger partial charge in [0.25, 0.3) is 5.91 Å². The molecule has 0 saturated carbocycles. The summed E-state index contributed by atoms with van der Waals surface area (Å²) in [4.78, 5) is 17.7. The predicted octanol–water partition coefficient (Wildman–Crippen LogP) is 4.56. The van der Waals surface area contributed by atoms with Crippen LogP contribution in [0.5, 0.6) is 0 Å². The Morgan fingerprint density at radius 2 is 1.77 bits per heavy atom. The highest BCUT2D eigenvalue weighted by molar-refractivity contribution is 6.30. The fourth-order valence-corrected chi connectivity index (χ4v) is 4.99. The van der Waals surface area contributed by atoms with Crippen molar-refractivity contribution in [2.45, 2.75) is 18.9 Å². The highest BCUT2D eigenvalue weighted by atomic mass is 35.5. The minimum absolute atomic E-state index is 0.223. The number of benzene rings is 2. The van der Waals surface area contributed by atoms with Crippen LogP contribution in [-0.4, -0.2) is 60.8 Å². The minimum atomic E-state index is -0.223. The molecule has 3 aromatic rings. The molecule has 2 fully saturated rings. The van der Waals surface area contributed by atoms with Crippen LogP contribution in [0.1, 0.15) is 28.8 Å². The Bertz CT molecular complexity index is 1220. The zero-order valence-corrected chi connectivity index (χ0v) is 20.2. The van der Waals surface area contributed by atoms with E-state index in [2.05, 4.69) is 21.2 Å². The zero-order valence-electron chi connectivity index (χ0n) is 19.5. The molecule has 0 aliphatic carbocycles. The maximum atomic E-state index is 12.8. The van der Waals surface area contributed by atoms with Gasteiger partial charge in [0.05, 0.1) is 16.8 Å². The standard InChI is InChI=1S/C27H28ClN5O2/c28-22-1-4-24(5-2-22)33-10-7-20(19-33)27(34)30-23-3-6-26(21(17-23)18-29)32-13-11-31(12-14-32)25-8-15-35-16-9-25/h1-7,10,17,19,25H,8-9,11-16H2,(H,30,34). The van der Waals surface area contributed by atoms with Gasteiger partial charge in [-0.1, -0.05) is 11.6 Å². The van der Waals surface area contributed by atoms with Gasteiger partial charge in [-0.05, 0) is 61.4 Å². The Morgan fingerprint density at radius 3 is 2.49 bits per heavy atom. The lowest BCUT2D eigenvalue weighted by atomic mass is 10.1. The lowest BCUT2D eigenvalue weighted by Crippen LogP contribution is -2.51. The van der Waals surface area contributed by atoms with Gasteiger partial charge in [0.15, 0.2) is 0 Å². The lowest BCUT2D eigenvalue weighted by molar-refractivity contribution is 0.0321. The van der Waals surface area contributed by atoms with E-state index in [1.54, 1.807) is 18.3 Å². The molecule has 1 amide bonds. The van der Waals surface area contributed by atoms with E-state index >= 15 is 0 Å². The molecule has 1 aromatic heterocycles. The number of nitrogens with zero attached hydrogens (tertiary/aromatic N) is 4. The van der Waals surface area contributed by atoms with Crippen LogP contribution in [-0.2, 0) is 4.74 Å². The van der Waals surface area contributed by atoms with Gasteiger partial charge in [-0.25, -0.2) is 0 Å². The summed E-state index contributed by atoms with van der Waals surface area (Å²) in [6.07, 6.45) is 5.81. The first-order chi connectivity index (χ1) is 17.1. The molecule has 5 rings (SSSR count). The summed E-state index contributed by atoms with van der Waals surface area (Å²) in [6, 6.07) is 17.7. The first-order valence-electron chi connectivity index (χ1n) is 12.0. The van der Waals surface area contributed by atoms with Crippen molar-refractivity contribution < 1.29 is 9.53 Å². The maximum absolute atomic E-state index is 12.8. The van der Waals surface area contributed by atoms with Gasteiger partial charge in [-0.15, -0.1) is 0 Å². The van der Waals surface area contributed by atoms with Gasteiger partial charge in [0.1, 0.15) is 6.07 Å². The third-order valence-corrected chi connectivity index (χ3v) is 7.07. The monoisotopic (exact) mass is 489 g/mol. The molecular formula is C27H28ClN5O2. The number of carbonyl (C=O) groups excluding carboxylic acids is 1. The van der Waals surface area contributed by atoms with Crippen molar-refractivity contribution in [2.24, 2.45) is 0 Å². The Balaban J connectivity index is 1.23. The van der Waals surface area contributed by atoms with Crippen LogP contribution in [0.4, 0.5) is 11.4 Å². The molecule has 2 aromatic carbocycles. The number of ether oxygens (including phenoxy) is 1. The second kappa shape index (κ2) is 10.5. The molecule has 0 unspecified atom stereocenters. The first-order valence-corrected chi connectivity index (χ1v) is 12.3. The number of rotatable bonds is 5. The Labute approximate surface area is 210 Å². The molecule has 0 radical (unpaired) electrons. The fourth-order valence-electron chi connectivity index (χ4n) is 4.87. The Kier molecular flexibility index (Phi) is 7.05. The second-order valence-electron chi connectivity index (χ2n) is 8.95. The number of nitriles is 1. The summed E-state index contributed by atoms with van der Waals surface area (Å²) in [6.45, 7) is 5.44. The van der Waals surface area contributed by atoms with Crippen molar-refractivity contribution in [3.05, 3.63) is 77.1 Å². The molecular weight excluding hydrogens is 462 g/mol. The minimum Gasteiger partial charge on any atom is -0.381 e. The van der Waals surface area contributed by atoms with Crippen molar-refractivity contribution in [3.8, 4) is 11.8 Å². The number of hydrogen-bond donors (Lipinski definition) is 1. The summed E-state index contributed by atoms with van der Waals surface area (Å²) in [5, 5.41) is 13.4. The summed E-state index contributed by atoms with van der Waals surface area (Å²) in [7, 11) is 0. The fraction of sp³-hybridized carbons (Fsp3) is 0.333. The first kappa shape index (κ1) is 23.4. The number of hydrogen-bond acceptors (Lipinski definition) is 5. The van der Waals surface area contributed by atoms with Crippen LogP contribution in [0.3, 0.4) is 0 Å². The van der Waals surface area contributed by atoms with Gasteiger partial charge in [-0.3, -0.25) is 9.69 Å². The van der Waals surface area contributed by atoms with E-state index in [1.807, 2.05) is 47.2 Å². The van der Waals surface area contributed by atoms with Gasteiger partial charge >= 0.3 is 0 Å². The molecule has 35 heavy (non-hydrogen) atoms. The van der Waals surface area contributed by atoms with Crippen LogP contribution in [0, 0.1) is 11.3 Å². The number of piperazine rings is 1. The van der Waals surface area contributed by atoms with Crippen molar-refractivity contribution >= 4 is 28.9 Å². The van der Waals surface area contributed by atoms with E-state index in [9.17, 15) is 10.1 Å². The highest BCUT2D eigenvalue weighted by Gasteiger charge is 2.26. The molecule has 3 heterocycles. The van der Waals surface area contributed by atoms with E-state index in [0.29, 0.717) is 27.9 Å². The Morgan fingerprint density at radius 1 is 1.03 bits per heavy atom. The van der Waals surface area contributed by atoms with Gasteiger partial charge in [0.2, 0.25) is 0 Å². The zero-order chi connectivity index (χ0) is 24.2. The lowest BCUT2D eigenvalue weighted by Gasteiger charge is -2.41. The van der Waals surface area contributed by atoms with Crippen LogP contribution in [0.15, 0.2) is 60.9 Å². The topological polar surface area (TPSA) is 73.5 Å².